The van der Waals surface area contributed by atoms with Gasteiger partial charge < -0.3 is 14.8 Å². The number of rotatable bonds is 6. The van der Waals surface area contributed by atoms with Gasteiger partial charge in [0.25, 0.3) is 0 Å². The van der Waals surface area contributed by atoms with E-state index in [-0.39, 0.29) is 5.75 Å². The van der Waals surface area contributed by atoms with Crippen LogP contribution in [0.25, 0.3) is 16.9 Å². The Hall–Kier alpha value is -3.59. The summed E-state index contributed by atoms with van der Waals surface area (Å²) in [6.07, 6.45) is 6.00. The highest BCUT2D eigenvalue weighted by Gasteiger charge is 2.15. The van der Waals surface area contributed by atoms with Crippen molar-refractivity contribution in [2.45, 2.75) is 25.3 Å². The van der Waals surface area contributed by atoms with Gasteiger partial charge in [-0.3, -0.25) is 4.40 Å². The molecule has 0 spiro atoms. The average Bonchev–Trinajstić information content (AvgIpc) is 3.22. The highest BCUT2D eigenvalue weighted by Crippen LogP contribution is 2.23. The Bertz CT molecular complexity index is 1240. The standard InChI is InChI=1S/C23H23FN6O2/c1-31-20-3-2-15(12-18(20)24)13-21-28-29-22-14-16(5-9-30(21)22)19-4-8-25-23(27-19)26-17-6-10-32-11-7-17/h2-5,8-9,12,14,17H,6-7,10-11,13H2,1H3,(H,25,26,27). The van der Waals surface area contributed by atoms with Crippen LogP contribution in [0.2, 0.25) is 0 Å². The van der Waals surface area contributed by atoms with Gasteiger partial charge in [-0.2, -0.15) is 0 Å². The maximum atomic E-state index is 14.0. The summed E-state index contributed by atoms with van der Waals surface area (Å²) >= 11 is 0. The van der Waals surface area contributed by atoms with Crippen LogP contribution < -0.4 is 10.1 Å². The fourth-order valence-electron chi connectivity index (χ4n) is 3.84. The number of benzene rings is 1. The quantitative estimate of drug-likeness (QED) is 0.497. The molecular formula is C23H23FN6O2. The lowest BCUT2D eigenvalue weighted by atomic mass is 10.1. The molecule has 9 heteroatoms. The van der Waals surface area contributed by atoms with E-state index in [1.165, 1.54) is 13.2 Å². The van der Waals surface area contributed by atoms with Crippen molar-refractivity contribution in [1.82, 2.24) is 24.6 Å². The molecule has 5 rings (SSSR count). The maximum absolute atomic E-state index is 14.0. The van der Waals surface area contributed by atoms with Crippen molar-refractivity contribution in [3.05, 3.63) is 66.0 Å². The Morgan fingerprint density at radius 3 is 2.84 bits per heavy atom. The lowest BCUT2D eigenvalue weighted by Crippen LogP contribution is -2.28. The summed E-state index contributed by atoms with van der Waals surface area (Å²) in [7, 11) is 1.45. The van der Waals surface area contributed by atoms with Crippen LogP contribution in [0.5, 0.6) is 5.75 Å². The molecule has 1 fully saturated rings. The van der Waals surface area contributed by atoms with Crippen LogP contribution in [-0.2, 0) is 11.2 Å². The predicted octanol–water partition coefficient (Wildman–Crippen LogP) is 3.52. The summed E-state index contributed by atoms with van der Waals surface area (Å²) in [5.41, 5.74) is 3.22. The van der Waals surface area contributed by atoms with Crippen LogP contribution in [0.3, 0.4) is 0 Å². The van der Waals surface area contributed by atoms with Crippen molar-refractivity contribution < 1.29 is 13.9 Å². The number of hydrogen-bond acceptors (Lipinski definition) is 7. The number of pyridine rings is 1. The molecule has 0 bridgehead atoms. The molecular weight excluding hydrogens is 411 g/mol. The second-order valence-electron chi connectivity index (χ2n) is 7.70. The topological polar surface area (TPSA) is 86.5 Å². The first-order valence-electron chi connectivity index (χ1n) is 10.5. The Morgan fingerprint density at radius 1 is 1.16 bits per heavy atom. The number of nitrogens with one attached hydrogen (secondary N) is 1. The van der Waals surface area contributed by atoms with Gasteiger partial charge in [0, 0.05) is 43.6 Å². The zero-order valence-electron chi connectivity index (χ0n) is 17.7. The summed E-state index contributed by atoms with van der Waals surface area (Å²) in [4.78, 5) is 9.03. The minimum Gasteiger partial charge on any atom is -0.494 e. The lowest BCUT2D eigenvalue weighted by molar-refractivity contribution is 0.0903. The van der Waals surface area contributed by atoms with Crippen molar-refractivity contribution in [2.24, 2.45) is 0 Å². The first kappa shape index (κ1) is 20.3. The van der Waals surface area contributed by atoms with Crippen LogP contribution in [0, 0.1) is 5.82 Å². The smallest absolute Gasteiger partial charge is 0.223 e. The van der Waals surface area contributed by atoms with Crippen LogP contribution in [0.4, 0.5) is 10.3 Å². The van der Waals surface area contributed by atoms with E-state index in [1.54, 1.807) is 12.3 Å². The molecule has 1 saturated heterocycles. The summed E-state index contributed by atoms with van der Waals surface area (Å²) < 4.78 is 26.3. The van der Waals surface area contributed by atoms with E-state index in [0.29, 0.717) is 24.1 Å². The van der Waals surface area contributed by atoms with Gasteiger partial charge in [0.1, 0.15) is 5.82 Å². The number of hydrogen-bond donors (Lipinski definition) is 1. The van der Waals surface area contributed by atoms with Crippen LogP contribution in [0.15, 0.2) is 48.8 Å². The van der Waals surface area contributed by atoms with E-state index in [9.17, 15) is 4.39 Å². The molecule has 164 valence electrons. The van der Waals surface area contributed by atoms with Crippen molar-refractivity contribution >= 4 is 11.6 Å². The van der Waals surface area contributed by atoms with Gasteiger partial charge in [-0.05, 0) is 48.7 Å². The lowest BCUT2D eigenvalue weighted by Gasteiger charge is -2.23. The fraction of sp³-hybridized carbons (Fsp3) is 0.304. The largest absolute Gasteiger partial charge is 0.494 e. The Morgan fingerprint density at radius 2 is 2.03 bits per heavy atom. The zero-order chi connectivity index (χ0) is 21.9. The predicted molar refractivity (Wildman–Crippen MR) is 117 cm³/mol. The molecule has 0 amide bonds. The highest BCUT2D eigenvalue weighted by atomic mass is 19.1. The molecule has 3 aromatic heterocycles. The molecule has 0 saturated carbocycles. The molecule has 1 aliphatic rings. The summed E-state index contributed by atoms with van der Waals surface area (Å²) in [5, 5.41) is 12.0. The normalized spacial score (nSPS) is 14.6. The van der Waals surface area contributed by atoms with E-state index < -0.39 is 5.82 Å². The Balaban J connectivity index is 1.37. The summed E-state index contributed by atoms with van der Waals surface area (Å²) in [6, 6.07) is 11.0. The van der Waals surface area contributed by atoms with Crippen molar-refractivity contribution in [1.29, 1.82) is 0 Å². The molecule has 0 unspecified atom stereocenters. The number of fused-ring (bicyclic) bond motifs is 1. The molecule has 4 aromatic rings. The van der Waals surface area contributed by atoms with Gasteiger partial charge in [-0.15, -0.1) is 10.2 Å². The Labute approximate surface area is 184 Å². The van der Waals surface area contributed by atoms with E-state index >= 15 is 0 Å². The minimum absolute atomic E-state index is 0.222. The average molecular weight is 434 g/mol. The van der Waals surface area contributed by atoms with Gasteiger partial charge in [-0.1, -0.05) is 6.07 Å². The molecule has 8 nitrogen and oxygen atoms in total. The van der Waals surface area contributed by atoms with Gasteiger partial charge in [0.2, 0.25) is 5.95 Å². The third-order valence-electron chi connectivity index (χ3n) is 5.56. The number of aromatic nitrogens is 5. The first-order chi connectivity index (χ1) is 15.7. The second kappa shape index (κ2) is 8.88. The van der Waals surface area contributed by atoms with Crippen LogP contribution >= 0.6 is 0 Å². The summed E-state index contributed by atoms with van der Waals surface area (Å²) in [6.45, 7) is 1.51. The molecule has 1 aromatic carbocycles. The number of nitrogens with zero attached hydrogens (tertiary/aromatic N) is 5. The van der Waals surface area contributed by atoms with Crippen molar-refractivity contribution in [3.8, 4) is 17.0 Å². The molecule has 4 heterocycles. The van der Waals surface area contributed by atoms with E-state index in [1.807, 2.05) is 34.9 Å². The first-order valence-corrected chi connectivity index (χ1v) is 10.5. The van der Waals surface area contributed by atoms with E-state index in [2.05, 4.69) is 25.5 Å². The molecule has 32 heavy (non-hydrogen) atoms. The maximum Gasteiger partial charge on any atom is 0.223 e. The fourth-order valence-corrected chi connectivity index (χ4v) is 3.84. The van der Waals surface area contributed by atoms with E-state index in [4.69, 9.17) is 9.47 Å². The number of ether oxygens (including phenoxy) is 2. The number of methoxy groups -OCH3 is 1. The van der Waals surface area contributed by atoms with Gasteiger partial charge in [-0.25, -0.2) is 14.4 Å². The number of anilines is 1. The van der Waals surface area contributed by atoms with Gasteiger partial charge in [0.05, 0.1) is 12.8 Å². The molecule has 0 radical (unpaired) electrons. The minimum atomic E-state index is -0.393. The molecule has 0 atom stereocenters. The van der Waals surface area contributed by atoms with Crippen molar-refractivity contribution in [3.63, 3.8) is 0 Å². The molecule has 1 aliphatic heterocycles. The SMILES string of the molecule is COc1ccc(Cc2nnc3cc(-c4ccnc(NC5CCOCC5)n4)ccn23)cc1F. The van der Waals surface area contributed by atoms with Gasteiger partial charge >= 0.3 is 0 Å². The third-order valence-corrected chi connectivity index (χ3v) is 5.56. The van der Waals surface area contributed by atoms with E-state index in [0.717, 1.165) is 48.7 Å². The summed E-state index contributed by atoms with van der Waals surface area (Å²) in [5.74, 6) is 1.16. The van der Waals surface area contributed by atoms with Crippen molar-refractivity contribution in [2.75, 3.05) is 25.6 Å². The Kier molecular flexibility index (Phi) is 5.64. The van der Waals surface area contributed by atoms with Crippen LogP contribution in [0.1, 0.15) is 24.2 Å². The second-order valence-corrected chi connectivity index (χ2v) is 7.70. The third kappa shape index (κ3) is 4.24. The van der Waals surface area contributed by atoms with Gasteiger partial charge in [0.15, 0.2) is 17.2 Å². The number of halogens is 1. The van der Waals surface area contributed by atoms with Crippen LogP contribution in [-0.4, -0.2) is 50.9 Å². The molecule has 0 aliphatic carbocycles. The zero-order valence-corrected chi connectivity index (χ0v) is 17.7. The highest BCUT2D eigenvalue weighted by molar-refractivity contribution is 5.64. The monoisotopic (exact) mass is 434 g/mol. The molecule has 1 N–H and O–H groups in total.